The summed E-state index contributed by atoms with van der Waals surface area (Å²) < 4.78 is 23.1. The number of primary sulfonamides is 1. The summed E-state index contributed by atoms with van der Waals surface area (Å²) in [5, 5.41) is 8.10. The van der Waals surface area contributed by atoms with Crippen molar-refractivity contribution in [2.24, 2.45) is 11.1 Å². The van der Waals surface area contributed by atoms with Crippen LogP contribution in [0.2, 0.25) is 0 Å². The molecule has 7 heteroatoms. The highest BCUT2D eigenvalue weighted by Gasteiger charge is 2.22. The molecule has 0 saturated carbocycles. The van der Waals surface area contributed by atoms with E-state index in [-0.39, 0.29) is 16.8 Å². The highest BCUT2D eigenvalue weighted by Crippen LogP contribution is 2.19. The zero-order chi connectivity index (χ0) is 17.9. The largest absolute Gasteiger partial charge is 0.350 e. The van der Waals surface area contributed by atoms with E-state index in [4.69, 9.17) is 5.14 Å². The first-order valence-electron chi connectivity index (χ1n) is 8.34. The summed E-state index contributed by atoms with van der Waals surface area (Å²) >= 11 is 0. The molecule has 134 valence electrons. The summed E-state index contributed by atoms with van der Waals surface area (Å²) in [4.78, 5) is 14.8. The van der Waals surface area contributed by atoms with E-state index in [1.807, 2.05) is 0 Å². The van der Waals surface area contributed by atoms with Crippen molar-refractivity contribution in [3.63, 3.8) is 0 Å². The van der Waals surface area contributed by atoms with Crippen LogP contribution in [0.4, 0.5) is 0 Å². The molecule has 1 aliphatic rings. The minimum Gasteiger partial charge on any atom is -0.350 e. The number of hydrogen-bond acceptors (Lipinski definition) is 4. The lowest BCUT2D eigenvalue weighted by atomic mass is 9.98. The highest BCUT2D eigenvalue weighted by atomic mass is 32.2. The molecule has 0 spiro atoms. The average molecular weight is 353 g/mol. The van der Waals surface area contributed by atoms with Crippen LogP contribution in [-0.2, 0) is 10.0 Å². The lowest BCUT2D eigenvalue weighted by Crippen LogP contribution is -2.45. The van der Waals surface area contributed by atoms with Crippen LogP contribution in [-0.4, -0.2) is 44.9 Å². The van der Waals surface area contributed by atoms with Crippen molar-refractivity contribution >= 4 is 15.9 Å². The zero-order valence-electron chi connectivity index (χ0n) is 14.6. The fourth-order valence-electron chi connectivity index (χ4n) is 3.10. The number of nitrogens with zero attached hydrogens (tertiary/aromatic N) is 1. The first-order chi connectivity index (χ1) is 11.2. The van der Waals surface area contributed by atoms with Gasteiger partial charge in [-0.25, -0.2) is 13.6 Å². The molecule has 1 unspecified atom stereocenters. The summed E-state index contributed by atoms with van der Waals surface area (Å²) in [7, 11) is -3.83. The van der Waals surface area contributed by atoms with E-state index in [1.165, 1.54) is 25.0 Å². The molecule has 3 N–H and O–H groups in total. The number of likely N-dealkylation sites (tertiary alicyclic amines) is 1. The van der Waals surface area contributed by atoms with Crippen LogP contribution in [0, 0.1) is 12.8 Å². The van der Waals surface area contributed by atoms with Crippen LogP contribution in [0.5, 0.6) is 0 Å². The lowest BCUT2D eigenvalue weighted by molar-refractivity contribution is 0.0921. The van der Waals surface area contributed by atoms with Crippen molar-refractivity contribution in [2.75, 3.05) is 19.6 Å². The van der Waals surface area contributed by atoms with E-state index >= 15 is 0 Å². The Hall–Kier alpha value is -1.44. The SMILES string of the molecule is Cc1c(C(=O)NCC(C)N2CCC(C)CC2)cccc1S(N)(=O)=O. The molecular weight excluding hydrogens is 326 g/mol. The Bertz CT molecular complexity index is 695. The van der Waals surface area contributed by atoms with Gasteiger partial charge in [-0.05, 0) is 63.4 Å². The molecule has 0 radical (unpaired) electrons. The van der Waals surface area contributed by atoms with Gasteiger partial charge in [0.2, 0.25) is 10.0 Å². The van der Waals surface area contributed by atoms with Crippen LogP contribution >= 0.6 is 0 Å². The molecule has 1 amide bonds. The molecular formula is C17H27N3O3S. The maximum Gasteiger partial charge on any atom is 0.251 e. The number of hydrogen-bond donors (Lipinski definition) is 2. The number of benzene rings is 1. The molecule has 24 heavy (non-hydrogen) atoms. The number of rotatable bonds is 5. The second kappa shape index (κ2) is 7.63. The third kappa shape index (κ3) is 4.55. The van der Waals surface area contributed by atoms with Crippen LogP contribution in [0.15, 0.2) is 23.1 Å². The third-order valence-electron chi connectivity index (χ3n) is 4.83. The Labute approximate surface area is 144 Å². The van der Waals surface area contributed by atoms with Crippen molar-refractivity contribution in [3.8, 4) is 0 Å². The van der Waals surface area contributed by atoms with Gasteiger partial charge in [0, 0.05) is 18.2 Å². The molecule has 1 aliphatic heterocycles. The number of sulfonamides is 1. The van der Waals surface area contributed by atoms with Crippen LogP contribution in [0.25, 0.3) is 0 Å². The van der Waals surface area contributed by atoms with Crippen LogP contribution in [0.1, 0.15) is 42.6 Å². The topological polar surface area (TPSA) is 92.5 Å². The van der Waals surface area contributed by atoms with Crippen molar-refractivity contribution in [3.05, 3.63) is 29.3 Å². The van der Waals surface area contributed by atoms with E-state index in [9.17, 15) is 13.2 Å². The Morgan fingerprint density at radius 3 is 2.58 bits per heavy atom. The molecule has 0 aromatic heterocycles. The number of nitrogens with one attached hydrogen (secondary N) is 1. The standard InChI is InChI=1S/C17H27N3O3S/c1-12-7-9-20(10-8-12)13(2)11-19-17(21)15-5-4-6-16(14(15)3)24(18,22)23/h4-6,12-13H,7-11H2,1-3H3,(H,19,21)(H2,18,22,23). The van der Waals surface area contributed by atoms with E-state index in [0.29, 0.717) is 17.7 Å². The first-order valence-corrected chi connectivity index (χ1v) is 9.89. The Kier molecular flexibility index (Phi) is 6.01. The third-order valence-corrected chi connectivity index (χ3v) is 5.89. The predicted octanol–water partition coefficient (Wildman–Crippen LogP) is 1.49. The maximum absolute atomic E-state index is 12.4. The lowest BCUT2D eigenvalue weighted by Gasteiger charge is -2.35. The van der Waals surface area contributed by atoms with Gasteiger partial charge >= 0.3 is 0 Å². The van der Waals surface area contributed by atoms with Gasteiger partial charge in [0.05, 0.1) is 4.90 Å². The predicted molar refractivity (Wildman–Crippen MR) is 94.3 cm³/mol. The maximum atomic E-state index is 12.4. The Morgan fingerprint density at radius 1 is 1.38 bits per heavy atom. The Balaban J connectivity index is 2.00. The fourth-order valence-corrected chi connectivity index (χ4v) is 3.91. The van der Waals surface area contributed by atoms with Crippen molar-refractivity contribution in [1.82, 2.24) is 10.2 Å². The summed E-state index contributed by atoms with van der Waals surface area (Å²) in [6, 6.07) is 4.83. The summed E-state index contributed by atoms with van der Waals surface area (Å²) in [6.07, 6.45) is 2.38. The normalized spacial score (nSPS) is 18.3. The quantitative estimate of drug-likeness (QED) is 0.839. The van der Waals surface area contributed by atoms with E-state index < -0.39 is 10.0 Å². The molecule has 2 rings (SSSR count). The number of carbonyl (C=O) groups excluding carboxylic acids is 1. The first kappa shape index (κ1) is 18.9. The minimum atomic E-state index is -3.83. The second-order valence-electron chi connectivity index (χ2n) is 6.75. The Morgan fingerprint density at radius 2 is 2.00 bits per heavy atom. The van der Waals surface area contributed by atoms with Gasteiger partial charge in [0.15, 0.2) is 0 Å². The number of nitrogens with two attached hydrogens (primary N) is 1. The van der Waals surface area contributed by atoms with Crippen molar-refractivity contribution in [1.29, 1.82) is 0 Å². The number of piperidine rings is 1. The van der Waals surface area contributed by atoms with Crippen LogP contribution < -0.4 is 10.5 Å². The van der Waals surface area contributed by atoms with Gasteiger partial charge in [0.25, 0.3) is 5.91 Å². The molecule has 1 aromatic rings. The van der Waals surface area contributed by atoms with Crippen LogP contribution in [0.3, 0.4) is 0 Å². The smallest absolute Gasteiger partial charge is 0.251 e. The van der Waals surface area contributed by atoms with Crippen molar-refractivity contribution < 1.29 is 13.2 Å². The molecule has 1 heterocycles. The van der Waals surface area contributed by atoms with Gasteiger partial charge in [-0.2, -0.15) is 0 Å². The summed E-state index contributed by atoms with van der Waals surface area (Å²) in [6.45, 7) is 8.61. The van der Waals surface area contributed by atoms with Gasteiger partial charge in [0.1, 0.15) is 0 Å². The summed E-state index contributed by atoms with van der Waals surface area (Å²) in [5.74, 6) is 0.502. The van der Waals surface area contributed by atoms with Gasteiger partial charge < -0.3 is 5.32 Å². The van der Waals surface area contributed by atoms with Gasteiger partial charge in [-0.1, -0.05) is 13.0 Å². The highest BCUT2D eigenvalue weighted by molar-refractivity contribution is 7.89. The molecule has 0 bridgehead atoms. The molecule has 6 nitrogen and oxygen atoms in total. The molecule has 1 aromatic carbocycles. The molecule has 1 atom stereocenters. The van der Waals surface area contributed by atoms with E-state index in [0.717, 1.165) is 19.0 Å². The molecule has 0 aliphatic carbocycles. The fraction of sp³-hybridized carbons (Fsp3) is 0.588. The average Bonchev–Trinajstić information content (AvgIpc) is 2.52. The zero-order valence-corrected chi connectivity index (χ0v) is 15.4. The monoisotopic (exact) mass is 353 g/mol. The molecule has 1 saturated heterocycles. The number of amides is 1. The minimum absolute atomic E-state index is 0.00628. The molecule has 1 fully saturated rings. The van der Waals surface area contributed by atoms with Gasteiger partial charge in [-0.15, -0.1) is 0 Å². The summed E-state index contributed by atoms with van der Waals surface area (Å²) in [5.41, 5.74) is 0.734. The second-order valence-corrected chi connectivity index (χ2v) is 8.28. The van der Waals surface area contributed by atoms with Gasteiger partial charge in [-0.3, -0.25) is 9.69 Å². The van der Waals surface area contributed by atoms with Crippen molar-refractivity contribution in [2.45, 2.75) is 44.6 Å². The number of carbonyl (C=O) groups is 1. The van der Waals surface area contributed by atoms with E-state index in [2.05, 4.69) is 24.1 Å². The van der Waals surface area contributed by atoms with E-state index in [1.54, 1.807) is 13.0 Å².